The van der Waals surface area contributed by atoms with Crippen molar-refractivity contribution in [1.82, 2.24) is 5.43 Å². The molecule has 0 saturated carbocycles. The van der Waals surface area contributed by atoms with Crippen LogP contribution in [0, 0.1) is 0 Å². The molecule has 0 aliphatic rings. The number of aromatic hydroxyl groups is 1. The van der Waals surface area contributed by atoms with Gasteiger partial charge in [0.15, 0.2) is 0 Å². The van der Waals surface area contributed by atoms with Crippen molar-refractivity contribution >= 4 is 17.8 Å². The van der Waals surface area contributed by atoms with E-state index in [1.165, 1.54) is 6.21 Å². The van der Waals surface area contributed by atoms with E-state index in [-0.39, 0.29) is 11.7 Å². The van der Waals surface area contributed by atoms with Crippen LogP contribution in [0.1, 0.15) is 19.4 Å². The quantitative estimate of drug-likeness (QED) is 0.539. The fraction of sp³-hybridized carbons (Fsp3) is 0.222. The number of amides is 1. The number of ether oxygens (including phenoxy) is 1. The van der Waals surface area contributed by atoms with Gasteiger partial charge >= 0.3 is 0 Å². The zero-order valence-electron chi connectivity index (χ0n) is 13.7. The number of phenolic OH excluding ortho intramolecular Hbond substituents is 1. The minimum atomic E-state index is -0.468. The number of anilines is 1. The van der Waals surface area contributed by atoms with Gasteiger partial charge in [-0.05, 0) is 50.2 Å². The molecule has 1 unspecified atom stereocenters. The summed E-state index contributed by atoms with van der Waals surface area (Å²) in [5.74, 6) is 0.610. The first-order chi connectivity index (χ1) is 11.6. The van der Waals surface area contributed by atoms with Gasteiger partial charge in [0, 0.05) is 11.3 Å². The van der Waals surface area contributed by atoms with Crippen LogP contribution in [0.2, 0.25) is 0 Å². The molecule has 24 heavy (non-hydrogen) atoms. The lowest BCUT2D eigenvalue weighted by Gasteiger charge is -2.14. The van der Waals surface area contributed by atoms with Gasteiger partial charge < -0.3 is 15.2 Å². The Balaban J connectivity index is 1.86. The predicted octanol–water partition coefficient (Wildman–Crippen LogP) is 2.74. The highest BCUT2D eigenvalue weighted by Crippen LogP contribution is 2.16. The molecule has 3 N–H and O–H groups in total. The Labute approximate surface area is 141 Å². The second-order valence-electron chi connectivity index (χ2n) is 5.12. The van der Waals surface area contributed by atoms with Gasteiger partial charge in [-0.15, -0.1) is 0 Å². The van der Waals surface area contributed by atoms with E-state index >= 15 is 0 Å². The van der Waals surface area contributed by atoms with Gasteiger partial charge in [-0.2, -0.15) is 5.10 Å². The van der Waals surface area contributed by atoms with Crippen LogP contribution in [0.15, 0.2) is 53.6 Å². The molecule has 6 heteroatoms. The van der Waals surface area contributed by atoms with Gasteiger partial charge in [-0.25, -0.2) is 5.43 Å². The lowest BCUT2D eigenvalue weighted by molar-refractivity contribution is -0.121. The number of carbonyl (C=O) groups excluding carboxylic acids is 1. The number of hydrogen-bond donors (Lipinski definition) is 3. The minimum Gasteiger partial charge on any atom is -0.507 e. The number of para-hydroxylation sites is 1. The van der Waals surface area contributed by atoms with Crippen LogP contribution in [0.4, 0.5) is 5.69 Å². The number of benzene rings is 2. The summed E-state index contributed by atoms with van der Waals surface area (Å²) in [5.41, 5.74) is 3.79. The number of hydrazone groups is 1. The first kappa shape index (κ1) is 17.3. The summed E-state index contributed by atoms with van der Waals surface area (Å²) in [6, 6.07) is 13.7. The molecule has 2 aromatic rings. The number of rotatable bonds is 7. The van der Waals surface area contributed by atoms with E-state index in [0.29, 0.717) is 12.2 Å². The van der Waals surface area contributed by atoms with Crippen molar-refractivity contribution in [2.45, 2.75) is 19.9 Å². The van der Waals surface area contributed by atoms with E-state index in [0.717, 1.165) is 11.4 Å². The molecular formula is C18H21N3O3. The number of nitrogens with one attached hydrogen (secondary N) is 2. The molecule has 1 atom stereocenters. The standard InChI is InChI=1S/C18H21N3O3/c1-3-24-16-10-8-15(9-11-16)20-13(2)18(23)21-19-12-14-6-4-5-7-17(14)22/h4-13,20,22H,3H2,1-2H3,(H,21,23). The number of hydrogen-bond acceptors (Lipinski definition) is 5. The Kier molecular flexibility index (Phi) is 6.19. The molecule has 6 nitrogen and oxygen atoms in total. The zero-order valence-corrected chi connectivity index (χ0v) is 13.7. The van der Waals surface area contributed by atoms with Crippen LogP contribution in [0.5, 0.6) is 11.5 Å². The Morgan fingerprint density at radius 3 is 2.62 bits per heavy atom. The normalized spacial score (nSPS) is 11.9. The van der Waals surface area contributed by atoms with Crippen molar-refractivity contribution in [3.8, 4) is 11.5 Å². The van der Waals surface area contributed by atoms with E-state index in [4.69, 9.17) is 4.74 Å². The van der Waals surface area contributed by atoms with Crippen molar-refractivity contribution in [2.24, 2.45) is 5.10 Å². The van der Waals surface area contributed by atoms with Crippen molar-refractivity contribution in [3.63, 3.8) is 0 Å². The zero-order chi connectivity index (χ0) is 17.4. The van der Waals surface area contributed by atoms with Gasteiger partial charge in [0.2, 0.25) is 0 Å². The lowest BCUT2D eigenvalue weighted by Crippen LogP contribution is -2.34. The summed E-state index contributed by atoms with van der Waals surface area (Å²) in [7, 11) is 0. The average molecular weight is 327 g/mol. The summed E-state index contributed by atoms with van der Waals surface area (Å²) in [6.07, 6.45) is 1.40. The smallest absolute Gasteiger partial charge is 0.262 e. The first-order valence-corrected chi connectivity index (χ1v) is 7.70. The maximum absolute atomic E-state index is 12.0. The van der Waals surface area contributed by atoms with Crippen molar-refractivity contribution in [3.05, 3.63) is 54.1 Å². The fourth-order valence-corrected chi connectivity index (χ4v) is 1.99. The van der Waals surface area contributed by atoms with E-state index in [9.17, 15) is 9.90 Å². The van der Waals surface area contributed by atoms with Crippen molar-refractivity contribution in [1.29, 1.82) is 0 Å². The summed E-state index contributed by atoms with van der Waals surface area (Å²) >= 11 is 0. The van der Waals surface area contributed by atoms with E-state index in [1.54, 1.807) is 31.2 Å². The molecule has 0 aliphatic carbocycles. The molecule has 0 aromatic heterocycles. The third kappa shape index (κ3) is 5.01. The third-order valence-corrected chi connectivity index (χ3v) is 3.26. The largest absolute Gasteiger partial charge is 0.507 e. The summed E-state index contributed by atoms with van der Waals surface area (Å²) in [6.45, 7) is 4.27. The SMILES string of the molecule is CCOc1ccc(NC(C)C(=O)NN=Cc2ccccc2O)cc1. The minimum absolute atomic E-state index is 0.107. The lowest BCUT2D eigenvalue weighted by atomic mass is 10.2. The van der Waals surface area contributed by atoms with Crippen molar-refractivity contribution < 1.29 is 14.6 Å². The van der Waals surface area contributed by atoms with Crippen LogP contribution in [-0.4, -0.2) is 29.9 Å². The van der Waals surface area contributed by atoms with Crippen molar-refractivity contribution in [2.75, 3.05) is 11.9 Å². The summed E-state index contributed by atoms with van der Waals surface area (Å²) < 4.78 is 5.37. The highest BCUT2D eigenvalue weighted by molar-refractivity contribution is 5.87. The highest BCUT2D eigenvalue weighted by Gasteiger charge is 2.11. The topological polar surface area (TPSA) is 83.0 Å². The second kappa shape index (κ2) is 8.57. The molecule has 126 valence electrons. The summed E-state index contributed by atoms with van der Waals surface area (Å²) in [5, 5.41) is 16.6. The van der Waals surface area contributed by atoms with Crippen LogP contribution in [0.25, 0.3) is 0 Å². The van der Waals surface area contributed by atoms with Gasteiger partial charge in [0.05, 0.1) is 12.8 Å². The van der Waals surface area contributed by atoms with Gasteiger partial charge in [-0.1, -0.05) is 12.1 Å². The molecular weight excluding hydrogens is 306 g/mol. The summed E-state index contributed by atoms with van der Waals surface area (Å²) in [4.78, 5) is 12.0. The fourth-order valence-electron chi connectivity index (χ4n) is 1.99. The predicted molar refractivity (Wildman–Crippen MR) is 94.5 cm³/mol. The van der Waals surface area contributed by atoms with Gasteiger partial charge in [0.25, 0.3) is 5.91 Å². The van der Waals surface area contributed by atoms with Crippen LogP contribution >= 0.6 is 0 Å². The Morgan fingerprint density at radius 1 is 1.25 bits per heavy atom. The molecule has 0 saturated heterocycles. The van der Waals surface area contributed by atoms with E-state index in [2.05, 4.69) is 15.8 Å². The molecule has 0 spiro atoms. The molecule has 0 radical (unpaired) electrons. The number of carbonyl (C=O) groups is 1. The maximum atomic E-state index is 12.0. The molecule has 2 rings (SSSR count). The third-order valence-electron chi connectivity index (χ3n) is 3.26. The molecule has 2 aromatic carbocycles. The molecule has 0 bridgehead atoms. The van der Waals surface area contributed by atoms with E-state index in [1.807, 2.05) is 31.2 Å². The number of nitrogens with zero attached hydrogens (tertiary/aromatic N) is 1. The first-order valence-electron chi connectivity index (χ1n) is 7.70. The highest BCUT2D eigenvalue weighted by atomic mass is 16.5. The average Bonchev–Trinajstić information content (AvgIpc) is 2.58. The molecule has 0 fully saturated rings. The van der Waals surface area contributed by atoms with Crippen LogP contribution in [-0.2, 0) is 4.79 Å². The van der Waals surface area contributed by atoms with Crippen LogP contribution in [0.3, 0.4) is 0 Å². The van der Waals surface area contributed by atoms with E-state index < -0.39 is 6.04 Å². The Bertz CT molecular complexity index is 699. The maximum Gasteiger partial charge on any atom is 0.262 e. The molecule has 0 aliphatic heterocycles. The Morgan fingerprint density at radius 2 is 1.96 bits per heavy atom. The molecule has 0 heterocycles. The van der Waals surface area contributed by atoms with Gasteiger partial charge in [0.1, 0.15) is 17.5 Å². The monoisotopic (exact) mass is 327 g/mol. The second-order valence-corrected chi connectivity index (χ2v) is 5.12. The van der Waals surface area contributed by atoms with Gasteiger partial charge in [-0.3, -0.25) is 4.79 Å². The molecule has 1 amide bonds. The Hall–Kier alpha value is -3.02. The van der Waals surface area contributed by atoms with Crippen LogP contribution < -0.4 is 15.5 Å². The number of phenols is 1.